The zero-order chi connectivity index (χ0) is 9.15. The van der Waals surface area contributed by atoms with E-state index in [-0.39, 0.29) is 18.5 Å². The number of rotatable bonds is 2. The van der Waals surface area contributed by atoms with Crippen molar-refractivity contribution in [1.29, 1.82) is 0 Å². The summed E-state index contributed by atoms with van der Waals surface area (Å²) in [6.07, 6.45) is 13.1. The molecule has 14 heavy (non-hydrogen) atoms. The number of dihydropyridines is 1. The summed E-state index contributed by atoms with van der Waals surface area (Å²) >= 11 is 0. The van der Waals surface area contributed by atoms with E-state index < -0.39 is 5.72 Å². The van der Waals surface area contributed by atoms with Gasteiger partial charge >= 0.3 is 0 Å². The fourth-order valence-corrected chi connectivity index (χ4v) is 1.27. The van der Waals surface area contributed by atoms with Crippen molar-refractivity contribution in [3.8, 4) is 12.3 Å². The molecule has 0 aromatic carbocycles. The molecule has 1 unspecified atom stereocenters. The first-order valence-electron chi connectivity index (χ1n) is 4.33. The molecule has 0 spiro atoms. The highest BCUT2D eigenvalue weighted by Gasteiger charge is 2.31. The molecule has 0 saturated carbocycles. The molecule has 76 valence electrons. The van der Waals surface area contributed by atoms with Gasteiger partial charge in [0, 0.05) is 13.1 Å². The number of hydrogen-bond acceptors (Lipinski definition) is 3. The Labute approximate surface area is 90.0 Å². The van der Waals surface area contributed by atoms with Crippen molar-refractivity contribution in [3.05, 3.63) is 24.4 Å². The third kappa shape index (κ3) is 2.10. The molecule has 0 radical (unpaired) electrons. The predicted molar refractivity (Wildman–Crippen MR) is 58.0 cm³/mol. The molecule has 2 heterocycles. The van der Waals surface area contributed by atoms with Crippen molar-refractivity contribution in [3.63, 3.8) is 0 Å². The molecule has 0 aromatic heterocycles. The van der Waals surface area contributed by atoms with Crippen LogP contribution in [0.5, 0.6) is 0 Å². The van der Waals surface area contributed by atoms with Crippen molar-refractivity contribution >= 4 is 12.4 Å². The zero-order valence-corrected chi connectivity index (χ0v) is 8.51. The largest absolute Gasteiger partial charge is 0.350 e. The summed E-state index contributed by atoms with van der Waals surface area (Å²) in [5.41, 5.74) is -0.735. The maximum atomic E-state index is 5.72. The minimum Gasteiger partial charge on any atom is -0.350 e. The molecule has 0 aliphatic carbocycles. The Morgan fingerprint density at radius 2 is 2.21 bits per heavy atom. The predicted octanol–water partition coefficient (Wildman–Crippen LogP) is 0.399. The Balaban J connectivity index is 0.000000980. The number of nitrogens with one attached hydrogen (secondary N) is 2. The van der Waals surface area contributed by atoms with Gasteiger partial charge in [-0.2, -0.15) is 0 Å². The van der Waals surface area contributed by atoms with Gasteiger partial charge in [0.25, 0.3) is 0 Å². The highest BCUT2D eigenvalue weighted by atomic mass is 35.5. The van der Waals surface area contributed by atoms with Crippen LogP contribution in [0.25, 0.3) is 0 Å². The van der Waals surface area contributed by atoms with Crippen molar-refractivity contribution in [1.82, 2.24) is 10.6 Å². The quantitative estimate of drug-likeness (QED) is 0.651. The van der Waals surface area contributed by atoms with Crippen LogP contribution >= 0.6 is 12.4 Å². The summed E-state index contributed by atoms with van der Waals surface area (Å²) < 4.78 is 5.72. The zero-order valence-electron chi connectivity index (χ0n) is 7.69. The molecule has 2 N–H and O–H groups in total. The second-order valence-electron chi connectivity index (χ2n) is 3.14. The van der Waals surface area contributed by atoms with Crippen LogP contribution in [-0.4, -0.2) is 24.9 Å². The van der Waals surface area contributed by atoms with Gasteiger partial charge in [-0.3, -0.25) is 0 Å². The third-order valence-electron chi connectivity index (χ3n) is 2.15. The fourth-order valence-electron chi connectivity index (χ4n) is 1.27. The van der Waals surface area contributed by atoms with Crippen LogP contribution < -0.4 is 10.6 Å². The van der Waals surface area contributed by atoms with Gasteiger partial charge in [-0.25, -0.2) is 0 Å². The molecule has 2 aliphatic heterocycles. The second kappa shape index (κ2) is 4.52. The Kier molecular flexibility index (Phi) is 3.59. The van der Waals surface area contributed by atoms with Crippen LogP contribution in [0.2, 0.25) is 0 Å². The molecule has 3 nitrogen and oxygen atoms in total. The van der Waals surface area contributed by atoms with Gasteiger partial charge in [0.1, 0.15) is 0 Å². The number of terminal acetylenes is 1. The maximum absolute atomic E-state index is 5.72. The molecule has 2 rings (SSSR count). The topological polar surface area (TPSA) is 33.3 Å². The van der Waals surface area contributed by atoms with Crippen LogP contribution in [0.1, 0.15) is 0 Å². The summed E-state index contributed by atoms with van der Waals surface area (Å²) in [6.45, 7) is 1.76. The smallest absolute Gasteiger partial charge is 0.222 e. The van der Waals surface area contributed by atoms with Gasteiger partial charge in [-0.1, -0.05) is 6.08 Å². The van der Waals surface area contributed by atoms with Crippen LogP contribution in [-0.2, 0) is 4.74 Å². The summed E-state index contributed by atoms with van der Waals surface area (Å²) in [5, 5.41) is 6.16. The van der Waals surface area contributed by atoms with Crippen LogP contribution in [0.15, 0.2) is 24.4 Å². The molecule has 0 bridgehead atoms. The van der Waals surface area contributed by atoms with E-state index in [1.807, 2.05) is 18.2 Å². The van der Waals surface area contributed by atoms with Crippen molar-refractivity contribution in [2.45, 2.75) is 11.8 Å². The summed E-state index contributed by atoms with van der Waals surface area (Å²) in [5.74, 6) is 2.62. The molecule has 1 atom stereocenters. The number of hydrogen-bond donors (Lipinski definition) is 2. The SMILES string of the molecule is C#CC1(OC2CNC2)C=CC=CN1.Cl. The molecular weight excluding hydrogens is 200 g/mol. The normalized spacial score (nSPS) is 29.6. The molecule has 0 amide bonds. The molecule has 1 fully saturated rings. The average molecular weight is 213 g/mol. The fraction of sp³-hybridized carbons (Fsp3) is 0.400. The summed E-state index contributed by atoms with van der Waals surface area (Å²) in [6, 6.07) is 0. The Bertz CT molecular complexity index is 291. The Morgan fingerprint density at radius 3 is 2.64 bits per heavy atom. The van der Waals surface area contributed by atoms with E-state index in [2.05, 4.69) is 16.6 Å². The van der Waals surface area contributed by atoms with E-state index in [1.165, 1.54) is 0 Å². The van der Waals surface area contributed by atoms with Crippen LogP contribution in [0, 0.1) is 12.3 Å². The first-order valence-corrected chi connectivity index (χ1v) is 4.33. The highest BCUT2D eigenvalue weighted by Crippen LogP contribution is 2.16. The molecular formula is C10H13ClN2O. The van der Waals surface area contributed by atoms with Gasteiger partial charge < -0.3 is 15.4 Å². The second-order valence-corrected chi connectivity index (χ2v) is 3.14. The van der Waals surface area contributed by atoms with Crippen molar-refractivity contribution in [2.75, 3.05) is 13.1 Å². The van der Waals surface area contributed by atoms with E-state index in [9.17, 15) is 0 Å². The third-order valence-corrected chi connectivity index (χ3v) is 2.15. The van der Waals surface area contributed by atoms with Crippen LogP contribution in [0.4, 0.5) is 0 Å². The summed E-state index contributed by atoms with van der Waals surface area (Å²) in [7, 11) is 0. The van der Waals surface area contributed by atoms with Crippen LogP contribution in [0.3, 0.4) is 0 Å². The maximum Gasteiger partial charge on any atom is 0.222 e. The van der Waals surface area contributed by atoms with E-state index >= 15 is 0 Å². The van der Waals surface area contributed by atoms with Gasteiger partial charge in [0.05, 0.1) is 6.10 Å². The van der Waals surface area contributed by atoms with Gasteiger partial charge in [-0.15, -0.1) is 18.8 Å². The van der Waals surface area contributed by atoms with Crippen molar-refractivity contribution < 1.29 is 4.74 Å². The van der Waals surface area contributed by atoms with E-state index in [0.29, 0.717) is 0 Å². The lowest BCUT2D eigenvalue weighted by Crippen LogP contribution is -2.56. The van der Waals surface area contributed by atoms with Crippen molar-refractivity contribution in [2.24, 2.45) is 0 Å². The summed E-state index contributed by atoms with van der Waals surface area (Å²) in [4.78, 5) is 0. The molecule has 4 heteroatoms. The number of ether oxygens (including phenoxy) is 1. The van der Waals surface area contributed by atoms with Gasteiger partial charge in [0.2, 0.25) is 5.72 Å². The lowest BCUT2D eigenvalue weighted by atomic mass is 10.1. The monoisotopic (exact) mass is 212 g/mol. The lowest BCUT2D eigenvalue weighted by molar-refractivity contribution is -0.0628. The van der Waals surface area contributed by atoms with Gasteiger partial charge in [-0.05, 0) is 24.3 Å². The minimum atomic E-state index is -0.735. The first-order chi connectivity index (χ1) is 6.35. The molecule has 2 aliphatic rings. The average Bonchev–Trinajstić information content (AvgIpc) is 2.13. The Morgan fingerprint density at radius 1 is 1.43 bits per heavy atom. The molecule has 1 saturated heterocycles. The Hall–Kier alpha value is -0.950. The van der Waals surface area contributed by atoms with Gasteiger partial charge in [0.15, 0.2) is 0 Å². The molecule has 0 aromatic rings. The standard InChI is InChI=1S/C10H12N2O.ClH/c1-2-10(5-3-4-6-12-10)13-9-7-11-8-9;/h1,3-6,9,11-12H,7-8H2;1H. The lowest BCUT2D eigenvalue weighted by Gasteiger charge is -2.36. The van der Waals surface area contributed by atoms with E-state index in [0.717, 1.165) is 13.1 Å². The van der Waals surface area contributed by atoms with E-state index in [4.69, 9.17) is 11.2 Å². The first kappa shape index (κ1) is 11.1. The number of allylic oxidation sites excluding steroid dienone is 2. The number of halogens is 1. The minimum absolute atomic E-state index is 0. The van der Waals surface area contributed by atoms with E-state index in [1.54, 1.807) is 6.20 Å². The highest BCUT2D eigenvalue weighted by molar-refractivity contribution is 5.85.